The van der Waals surface area contributed by atoms with Gasteiger partial charge in [-0.15, -0.1) is 11.8 Å². The van der Waals surface area contributed by atoms with E-state index in [0.717, 1.165) is 21.4 Å². The van der Waals surface area contributed by atoms with Gasteiger partial charge in [-0.1, -0.05) is 48.0 Å². The number of nitrogens with zero attached hydrogens (tertiary/aromatic N) is 1. The summed E-state index contributed by atoms with van der Waals surface area (Å²) in [5.74, 6) is 0.595. The van der Waals surface area contributed by atoms with Gasteiger partial charge >= 0.3 is 0 Å². The second kappa shape index (κ2) is 6.10. The normalized spacial score (nSPS) is 10.7. The Morgan fingerprint density at radius 2 is 1.81 bits per heavy atom. The third-order valence-electron chi connectivity index (χ3n) is 3.34. The number of pyridine rings is 1. The maximum Gasteiger partial charge on any atom is 0.173 e. The number of carbonyl (C=O) groups excluding carboxylic acids is 1. The summed E-state index contributed by atoms with van der Waals surface area (Å²) in [4.78, 5) is 17.7. The van der Waals surface area contributed by atoms with Gasteiger partial charge in [-0.2, -0.15) is 0 Å². The van der Waals surface area contributed by atoms with E-state index in [2.05, 4.69) is 4.98 Å². The fourth-order valence-electron chi connectivity index (χ4n) is 2.16. The van der Waals surface area contributed by atoms with Gasteiger partial charge in [0.15, 0.2) is 5.78 Å². The Kier molecular flexibility index (Phi) is 4.02. The summed E-state index contributed by atoms with van der Waals surface area (Å²) in [6.45, 7) is 2.02. The van der Waals surface area contributed by atoms with Crippen LogP contribution in [0.4, 0.5) is 0 Å². The van der Waals surface area contributed by atoms with Crippen LogP contribution in [0.2, 0.25) is 0 Å². The molecule has 0 N–H and O–H groups in total. The number of benzene rings is 2. The van der Waals surface area contributed by atoms with E-state index in [-0.39, 0.29) is 5.78 Å². The Morgan fingerprint density at radius 3 is 2.62 bits per heavy atom. The summed E-state index contributed by atoms with van der Waals surface area (Å²) in [7, 11) is 0. The number of hydrogen-bond donors (Lipinski definition) is 0. The number of fused-ring (bicyclic) bond motifs is 1. The molecule has 0 radical (unpaired) electrons. The molecule has 0 aliphatic carbocycles. The molecule has 0 saturated heterocycles. The highest BCUT2D eigenvalue weighted by Crippen LogP contribution is 2.27. The van der Waals surface area contributed by atoms with E-state index in [1.165, 1.54) is 5.56 Å². The number of para-hydroxylation sites is 1. The zero-order valence-corrected chi connectivity index (χ0v) is 12.6. The van der Waals surface area contributed by atoms with E-state index >= 15 is 0 Å². The van der Waals surface area contributed by atoms with Gasteiger partial charge in [0.05, 0.1) is 11.3 Å². The Bertz CT molecular complexity index is 775. The highest BCUT2D eigenvalue weighted by atomic mass is 32.2. The third kappa shape index (κ3) is 3.14. The number of ketones is 1. The topological polar surface area (TPSA) is 30.0 Å². The summed E-state index contributed by atoms with van der Waals surface area (Å²) in [5, 5.41) is 1.10. The largest absolute Gasteiger partial charge is 0.293 e. The lowest BCUT2D eigenvalue weighted by atomic mass is 10.1. The first kappa shape index (κ1) is 13.8. The number of thioether (sulfide) groups is 1. The average molecular weight is 293 g/mol. The summed E-state index contributed by atoms with van der Waals surface area (Å²) in [6.07, 6.45) is 1.79. The molecule has 0 saturated carbocycles. The van der Waals surface area contributed by atoms with Crippen molar-refractivity contribution in [3.05, 3.63) is 71.9 Å². The Balaban J connectivity index is 1.77. The van der Waals surface area contributed by atoms with Gasteiger partial charge in [-0.3, -0.25) is 9.78 Å². The maximum atomic E-state index is 12.2. The Labute approximate surface area is 128 Å². The minimum atomic E-state index is 0.154. The van der Waals surface area contributed by atoms with E-state index in [0.29, 0.717) is 5.75 Å². The van der Waals surface area contributed by atoms with Crippen LogP contribution < -0.4 is 0 Å². The molecule has 0 atom stereocenters. The van der Waals surface area contributed by atoms with Crippen molar-refractivity contribution in [1.82, 2.24) is 4.98 Å². The average Bonchev–Trinajstić information content (AvgIpc) is 2.53. The Hall–Kier alpha value is -2.13. The lowest BCUT2D eigenvalue weighted by molar-refractivity contribution is 0.102. The summed E-state index contributed by atoms with van der Waals surface area (Å²) >= 11 is 1.57. The van der Waals surface area contributed by atoms with Crippen LogP contribution in [0.25, 0.3) is 10.9 Å². The number of carbonyl (C=O) groups is 1. The van der Waals surface area contributed by atoms with Crippen molar-refractivity contribution in [2.24, 2.45) is 0 Å². The molecule has 0 aliphatic rings. The van der Waals surface area contributed by atoms with E-state index in [1.54, 1.807) is 18.0 Å². The first-order chi connectivity index (χ1) is 10.2. The number of rotatable bonds is 4. The van der Waals surface area contributed by atoms with Gasteiger partial charge < -0.3 is 0 Å². The van der Waals surface area contributed by atoms with Gasteiger partial charge in [-0.25, -0.2) is 0 Å². The molecule has 0 aliphatic heterocycles. The van der Waals surface area contributed by atoms with Crippen LogP contribution >= 0.6 is 11.8 Å². The molecular formula is C18H15NOS. The molecule has 21 heavy (non-hydrogen) atoms. The predicted molar refractivity (Wildman–Crippen MR) is 88.0 cm³/mol. The van der Waals surface area contributed by atoms with Gasteiger partial charge in [0, 0.05) is 22.0 Å². The molecule has 3 rings (SSSR count). The van der Waals surface area contributed by atoms with Crippen molar-refractivity contribution in [2.75, 3.05) is 5.75 Å². The number of aryl methyl sites for hydroxylation is 1. The fraction of sp³-hybridized carbons (Fsp3) is 0.111. The maximum absolute atomic E-state index is 12.2. The smallest absolute Gasteiger partial charge is 0.173 e. The monoisotopic (exact) mass is 293 g/mol. The van der Waals surface area contributed by atoms with Crippen LogP contribution in [0.15, 0.2) is 65.7 Å². The van der Waals surface area contributed by atoms with E-state index in [9.17, 15) is 4.79 Å². The molecule has 1 heterocycles. The first-order valence-electron chi connectivity index (χ1n) is 6.80. The highest BCUT2D eigenvalue weighted by molar-refractivity contribution is 8.00. The van der Waals surface area contributed by atoms with Gasteiger partial charge in [0.25, 0.3) is 0 Å². The zero-order valence-electron chi connectivity index (χ0n) is 11.7. The molecule has 0 unspecified atom stereocenters. The van der Waals surface area contributed by atoms with Gasteiger partial charge in [0.1, 0.15) is 0 Å². The SMILES string of the molecule is Cc1ccc(C(=O)CSc2ccnc3ccccc23)cc1. The molecule has 0 amide bonds. The van der Waals surface area contributed by atoms with Crippen LogP contribution in [0, 0.1) is 6.92 Å². The standard InChI is InChI=1S/C18H15NOS/c1-13-6-8-14(9-7-13)17(20)12-21-18-10-11-19-16-5-3-2-4-15(16)18/h2-11H,12H2,1H3. The summed E-state index contributed by atoms with van der Waals surface area (Å²) in [6, 6.07) is 17.7. The molecule has 104 valence electrons. The number of Topliss-reactive ketones (excluding diaryl/α,β-unsaturated/α-hetero) is 1. The van der Waals surface area contributed by atoms with Gasteiger partial charge in [-0.05, 0) is 19.1 Å². The molecule has 3 heteroatoms. The van der Waals surface area contributed by atoms with E-state index < -0.39 is 0 Å². The van der Waals surface area contributed by atoms with Crippen molar-refractivity contribution < 1.29 is 4.79 Å². The molecular weight excluding hydrogens is 278 g/mol. The van der Waals surface area contributed by atoms with Crippen molar-refractivity contribution in [3.63, 3.8) is 0 Å². The quantitative estimate of drug-likeness (QED) is 0.523. The second-order valence-corrected chi connectivity index (χ2v) is 5.92. The fourth-order valence-corrected chi connectivity index (χ4v) is 3.10. The Morgan fingerprint density at radius 1 is 1.05 bits per heavy atom. The lowest BCUT2D eigenvalue weighted by Gasteiger charge is -2.05. The van der Waals surface area contributed by atoms with Crippen LogP contribution in [0.5, 0.6) is 0 Å². The van der Waals surface area contributed by atoms with Crippen molar-refractivity contribution in [2.45, 2.75) is 11.8 Å². The molecule has 0 bridgehead atoms. The van der Waals surface area contributed by atoms with Crippen molar-refractivity contribution in [3.8, 4) is 0 Å². The van der Waals surface area contributed by atoms with Crippen molar-refractivity contribution >= 4 is 28.4 Å². The third-order valence-corrected chi connectivity index (χ3v) is 4.41. The second-order valence-electron chi connectivity index (χ2n) is 4.90. The highest BCUT2D eigenvalue weighted by Gasteiger charge is 2.08. The minimum absolute atomic E-state index is 0.154. The summed E-state index contributed by atoms with van der Waals surface area (Å²) < 4.78 is 0. The number of aromatic nitrogens is 1. The van der Waals surface area contributed by atoms with E-state index in [1.807, 2.05) is 61.5 Å². The van der Waals surface area contributed by atoms with Crippen LogP contribution in [0.3, 0.4) is 0 Å². The molecule has 2 aromatic carbocycles. The minimum Gasteiger partial charge on any atom is -0.293 e. The van der Waals surface area contributed by atoms with Crippen LogP contribution in [-0.2, 0) is 0 Å². The predicted octanol–water partition coefficient (Wildman–Crippen LogP) is 4.52. The van der Waals surface area contributed by atoms with Gasteiger partial charge in [0.2, 0.25) is 0 Å². The van der Waals surface area contributed by atoms with E-state index in [4.69, 9.17) is 0 Å². The van der Waals surface area contributed by atoms with Crippen LogP contribution in [-0.4, -0.2) is 16.5 Å². The number of hydrogen-bond acceptors (Lipinski definition) is 3. The molecule has 3 aromatic rings. The first-order valence-corrected chi connectivity index (χ1v) is 7.79. The van der Waals surface area contributed by atoms with Crippen molar-refractivity contribution in [1.29, 1.82) is 0 Å². The zero-order chi connectivity index (χ0) is 14.7. The lowest BCUT2D eigenvalue weighted by Crippen LogP contribution is -2.02. The summed E-state index contributed by atoms with van der Waals surface area (Å²) in [5.41, 5.74) is 2.90. The molecule has 2 nitrogen and oxygen atoms in total. The molecule has 0 fully saturated rings. The molecule has 1 aromatic heterocycles. The van der Waals surface area contributed by atoms with Crippen LogP contribution in [0.1, 0.15) is 15.9 Å². The molecule has 0 spiro atoms.